The van der Waals surface area contributed by atoms with Gasteiger partial charge in [-0.3, -0.25) is 4.79 Å². The van der Waals surface area contributed by atoms with Crippen molar-refractivity contribution in [1.29, 1.82) is 0 Å². The molecule has 3 rings (SSSR count). The standard InChI is InChI=1S/C17H17NO2/c1-12-2-4-13(5-3-12)11-20-15-8-6-14-7-9-17(19)18-16(14)10-15/h2-6,8,10H,7,9,11H2,1H3,(H,18,19). The Kier molecular flexibility index (Phi) is 3.42. The third kappa shape index (κ3) is 2.82. The molecule has 0 bridgehead atoms. The molecular formula is C17H17NO2. The van der Waals surface area contributed by atoms with Crippen LogP contribution < -0.4 is 10.1 Å². The van der Waals surface area contributed by atoms with Crippen LogP contribution in [0.15, 0.2) is 42.5 Å². The molecule has 1 amide bonds. The first kappa shape index (κ1) is 12.7. The van der Waals surface area contributed by atoms with Crippen LogP contribution in [0.1, 0.15) is 23.1 Å². The predicted octanol–water partition coefficient (Wildman–Crippen LogP) is 3.46. The van der Waals surface area contributed by atoms with Crippen LogP contribution in [-0.4, -0.2) is 5.91 Å². The van der Waals surface area contributed by atoms with Gasteiger partial charge in [0.1, 0.15) is 12.4 Å². The van der Waals surface area contributed by atoms with Crippen LogP contribution in [0.4, 0.5) is 5.69 Å². The minimum Gasteiger partial charge on any atom is -0.489 e. The quantitative estimate of drug-likeness (QED) is 0.924. The lowest BCUT2D eigenvalue weighted by Gasteiger charge is -2.17. The van der Waals surface area contributed by atoms with Crippen LogP contribution >= 0.6 is 0 Å². The van der Waals surface area contributed by atoms with E-state index in [4.69, 9.17) is 4.74 Å². The van der Waals surface area contributed by atoms with Crippen LogP contribution in [0.25, 0.3) is 0 Å². The predicted molar refractivity (Wildman–Crippen MR) is 78.9 cm³/mol. The Morgan fingerprint density at radius 2 is 1.90 bits per heavy atom. The molecule has 1 heterocycles. The zero-order valence-corrected chi connectivity index (χ0v) is 11.5. The smallest absolute Gasteiger partial charge is 0.224 e. The molecule has 1 N–H and O–H groups in total. The largest absolute Gasteiger partial charge is 0.489 e. The lowest BCUT2D eigenvalue weighted by molar-refractivity contribution is -0.116. The molecule has 0 saturated carbocycles. The molecule has 1 aliphatic heterocycles. The Hall–Kier alpha value is -2.29. The number of rotatable bonds is 3. The number of fused-ring (bicyclic) bond motifs is 1. The maximum atomic E-state index is 11.4. The minimum absolute atomic E-state index is 0.0770. The van der Waals surface area contributed by atoms with Crippen molar-refractivity contribution < 1.29 is 9.53 Å². The van der Waals surface area contributed by atoms with Crippen LogP contribution in [0.3, 0.4) is 0 Å². The number of hydrogen-bond acceptors (Lipinski definition) is 2. The summed E-state index contributed by atoms with van der Waals surface area (Å²) >= 11 is 0. The summed E-state index contributed by atoms with van der Waals surface area (Å²) in [7, 11) is 0. The Labute approximate surface area is 118 Å². The van der Waals surface area contributed by atoms with Crippen molar-refractivity contribution in [3.63, 3.8) is 0 Å². The number of hydrogen-bond donors (Lipinski definition) is 1. The van der Waals surface area contributed by atoms with Gasteiger partial charge in [-0.2, -0.15) is 0 Å². The molecule has 2 aromatic rings. The number of aryl methyl sites for hydroxylation is 2. The monoisotopic (exact) mass is 267 g/mol. The topological polar surface area (TPSA) is 38.3 Å². The van der Waals surface area contributed by atoms with Gasteiger partial charge < -0.3 is 10.1 Å². The van der Waals surface area contributed by atoms with Crippen molar-refractivity contribution in [2.24, 2.45) is 0 Å². The minimum atomic E-state index is 0.0770. The molecule has 0 radical (unpaired) electrons. The first-order chi connectivity index (χ1) is 9.70. The second-order valence-corrected chi connectivity index (χ2v) is 5.14. The van der Waals surface area contributed by atoms with E-state index in [1.807, 2.05) is 18.2 Å². The summed E-state index contributed by atoms with van der Waals surface area (Å²) in [5, 5.41) is 2.89. The average molecular weight is 267 g/mol. The second-order valence-electron chi connectivity index (χ2n) is 5.14. The SMILES string of the molecule is Cc1ccc(COc2ccc3c(c2)NC(=O)CC3)cc1. The molecule has 2 aromatic carbocycles. The zero-order chi connectivity index (χ0) is 13.9. The van der Waals surface area contributed by atoms with Gasteiger partial charge in [0.25, 0.3) is 0 Å². The van der Waals surface area contributed by atoms with Gasteiger partial charge in [-0.05, 0) is 30.5 Å². The molecule has 0 aliphatic carbocycles. The van der Waals surface area contributed by atoms with Gasteiger partial charge in [-0.1, -0.05) is 35.9 Å². The van der Waals surface area contributed by atoms with E-state index in [2.05, 4.69) is 36.5 Å². The first-order valence-electron chi connectivity index (χ1n) is 6.82. The highest BCUT2D eigenvalue weighted by molar-refractivity contribution is 5.94. The van der Waals surface area contributed by atoms with Crippen molar-refractivity contribution >= 4 is 11.6 Å². The molecule has 3 heteroatoms. The van der Waals surface area contributed by atoms with Gasteiger partial charge in [0.2, 0.25) is 5.91 Å². The lowest BCUT2D eigenvalue weighted by atomic mass is 10.0. The van der Waals surface area contributed by atoms with Gasteiger partial charge in [-0.15, -0.1) is 0 Å². The molecule has 0 atom stereocenters. The fraction of sp³-hybridized carbons (Fsp3) is 0.235. The molecule has 0 saturated heterocycles. The normalized spacial score (nSPS) is 13.6. The van der Waals surface area contributed by atoms with E-state index in [-0.39, 0.29) is 5.91 Å². The number of carbonyl (C=O) groups is 1. The Bertz CT molecular complexity index is 632. The summed E-state index contributed by atoms with van der Waals surface area (Å²) < 4.78 is 5.78. The van der Waals surface area contributed by atoms with Gasteiger partial charge in [-0.25, -0.2) is 0 Å². The molecule has 3 nitrogen and oxygen atoms in total. The van der Waals surface area contributed by atoms with Crippen LogP contribution in [0.2, 0.25) is 0 Å². The van der Waals surface area contributed by atoms with E-state index < -0.39 is 0 Å². The third-order valence-corrected chi connectivity index (χ3v) is 3.50. The van der Waals surface area contributed by atoms with E-state index in [9.17, 15) is 4.79 Å². The molecule has 102 valence electrons. The summed E-state index contributed by atoms with van der Waals surface area (Å²) in [6.07, 6.45) is 1.37. The van der Waals surface area contributed by atoms with Crippen molar-refractivity contribution in [2.75, 3.05) is 5.32 Å². The van der Waals surface area contributed by atoms with Crippen LogP contribution in [0, 0.1) is 6.92 Å². The highest BCUT2D eigenvalue weighted by atomic mass is 16.5. The van der Waals surface area contributed by atoms with Gasteiger partial charge in [0, 0.05) is 18.2 Å². The van der Waals surface area contributed by atoms with E-state index in [0.717, 1.165) is 23.4 Å². The number of nitrogens with one attached hydrogen (secondary N) is 1. The van der Waals surface area contributed by atoms with Crippen LogP contribution in [0.5, 0.6) is 5.75 Å². The van der Waals surface area contributed by atoms with Crippen molar-refractivity contribution in [3.8, 4) is 5.75 Å². The lowest BCUT2D eigenvalue weighted by Crippen LogP contribution is -2.18. The zero-order valence-electron chi connectivity index (χ0n) is 11.5. The fourth-order valence-corrected chi connectivity index (χ4v) is 2.29. The van der Waals surface area contributed by atoms with E-state index in [1.54, 1.807) is 0 Å². The van der Waals surface area contributed by atoms with E-state index in [1.165, 1.54) is 11.1 Å². The van der Waals surface area contributed by atoms with Gasteiger partial charge in [0.15, 0.2) is 0 Å². The van der Waals surface area contributed by atoms with Crippen molar-refractivity contribution in [1.82, 2.24) is 0 Å². The van der Waals surface area contributed by atoms with Gasteiger partial charge in [0.05, 0.1) is 0 Å². The number of ether oxygens (including phenoxy) is 1. The second kappa shape index (κ2) is 5.37. The maximum absolute atomic E-state index is 11.4. The first-order valence-corrected chi connectivity index (χ1v) is 6.82. The molecule has 1 aliphatic rings. The average Bonchev–Trinajstić information content (AvgIpc) is 2.46. The molecule has 20 heavy (non-hydrogen) atoms. The number of benzene rings is 2. The number of anilines is 1. The molecule has 0 fully saturated rings. The summed E-state index contributed by atoms with van der Waals surface area (Å²) in [5.74, 6) is 0.861. The molecule has 0 unspecified atom stereocenters. The van der Waals surface area contributed by atoms with Crippen molar-refractivity contribution in [2.45, 2.75) is 26.4 Å². The molecule has 0 aromatic heterocycles. The summed E-state index contributed by atoms with van der Waals surface area (Å²) in [6.45, 7) is 2.60. The van der Waals surface area contributed by atoms with Crippen LogP contribution in [-0.2, 0) is 17.8 Å². The maximum Gasteiger partial charge on any atom is 0.224 e. The summed E-state index contributed by atoms with van der Waals surface area (Å²) in [4.78, 5) is 11.4. The Balaban J connectivity index is 1.70. The summed E-state index contributed by atoms with van der Waals surface area (Å²) in [6, 6.07) is 14.2. The Morgan fingerprint density at radius 1 is 1.10 bits per heavy atom. The number of amides is 1. The highest BCUT2D eigenvalue weighted by Gasteiger charge is 2.14. The number of carbonyl (C=O) groups excluding carboxylic acids is 1. The van der Waals surface area contributed by atoms with E-state index in [0.29, 0.717) is 13.0 Å². The third-order valence-electron chi connectivity index (χ3n) is 3.50. The van der Waals surface area contributed by atoms with E-state index >= 15 is 0 Å². The summed E-state index contributed by atoms with van der Waals surface area (Å²) in [5.41, 5.74) is 4.43. The Morgan fingerprint density at radius 3 is 2.70 bits per heavy atom. The molecular weight excluding hydrogens is 250 g/mol. The van der Waals surface area contributed by atoms with Gasteiger partial charge >= 0.3 is 0 Å². The molecule has 0 spiro atoms. The highest BCUT2D eigenvalue weighted by Crippen LogP contribution is 2.27. The van der Waals surface area contributed by atoms with Crippen molar-refractivity contribution in [3.05, 3.63) is 59.2 Å². The fourth-order valence-electron chi connectivity index (χ4n) is 2.29.